The molecule has 3 aliphatic rings. The smallest absolute Gasteiger partial charge is 0.222 e. The lowest BCUT2D eigenvalue weighted by Gasteiger charge is -2.61. The molecule has 0 aromatic rings. The van der Waals surface area contributed by atoms with Gasteiger partial charge in [0, 0.05) is 30.3 Å². The summed E-state index contributed by atoms with van der Waals surface area (Å²) in [7, 11) is 0. The highest BCUT2D eigenvalue weighted by molar-refractivity contribution is 6.04. The quantitative estimate of drug-likeness (QED) is 0.188. The Hall–Kier alpha value is -2.26. The van der Waals surface area contributed by atoms with E-state index >= 15 is 0 Å². The van der Waals surface area contributed by atoms with Crippen molar-refractivity contribution in [3.8, 4) is 6.07 Å². The Morgan fingerprint density at radius 3 is 2.17 bits per heavy atom. The average molecular weight is 637 g/mol. The minimum Gasteiger partial charge on any atom is -0.378 e. The van der Waals surface area contributed by atoms with Crippen LogP contribution in [0.1, 0.15) is 140 Å². The van der Waals surface area contributed by atoms with E-state index in [9.17, 15) is 19.6 Å². The van der Waals surface area contributed by atoms with Crippen molar-refractivity contribution in [1.82, 2.24) is 4.90 Å². The van der Waals surface area contributed by atoms with Crippen LogP contribution in [0, 0.1) is 49.7 Å². The van der Waals surface area contributed by atoms with Crippen molar-refractivity contribution >= 4 is 17.5 Å². The molecule has 1 heterocycles. The van der Waals surface area contributed by atoms with E-state index in [1.54, 1.807) is 6.92 Å². The largest absolute Gasteiger partial charge is 0.378 e. The Kier molecular flexibility index (Phi) is 11.7. The number of nitrogens with zero attached hydrogens (tertiary/aromatic N) is 2. The van der Waals surface area contributed by atoms with Gasteiger partial charge in [0.05, 0.1) is 18.8 Å². The molecular formula is C40H64N2O4. The minimum absolute atomic E-state index is 0.000719. The van der Waals surface area contributed by atoms with Gasteiger partial charge in [-0.15, -0.1) is 0 Å². The number of rotatable bonds is 13. The van der Waals surface area contributed by atoms with Gasteiger partial charge in [-0.05, 0) is 91.9 Å². The molecule has 6 heteroatoms. The number of ether oxygens (including phenoxy) is 1. The fraction of sp³-hybridized carbons (Fsp3) is 0.800. The summed E-state index contributed by atoms with van der Waals surface area (Å²) >= 11 is 0. The van der Waals surface area contributed by atoms with Crippen molar-refractivity contribution in [2.75, 3.05) is 26.3 Å². The molecule has 0 aromatic heterocycles. The highest BCUT2D eigenvalue weighted by atomic mass is 16.5. The van der Waals surface area contributed by atoms with Crippen LogP contribution in [0.15, 0.2) is 23.3 Å². The lowest BCUT2D eigenvalue weighted by atomic mass is 9.42. The van der Waals surface area contributed by atoms with Gasteiger partial charge in [0.1, 0.15) is 6.07 Å². The van der Waals surface area contributed by atoms with Crippen molar-refractivity contribution in [3.05, 3.63) is 23.3 Å². The molecule has 6 nitrogen and oxygen atoms in total. The van der Waals surface area contributed by atoms with Crippen LogP contribution in [-0.2, 0) is 19.1 Å². The maximum absolute atomic E-state index is 13.3. The Bertz CT molecular complexity index is 1260. The van der Waals surface area contributed by atoms with E-state index < -0.39 is 10.8 Å². The molecule has 46 heavy (non-hydrogen) atoms. The molecule has 0 unspecified atom stereocenters. The summed E-state index contributed by atoms with van der Waals surface area (Å²) in [5.74, 6) is 0.165. The third kappa shape index (κ3) is 7.88. The van der Waals surface area contributed by atoms with Crippen molar-refractivity contribution < 1.29 is 19.1 Å². The second-order valence-corrected chi connectivity index (χ2v) is 17.7. The van der Waals surface area contributed by atoms with E-state index in [-0.39, 0.29) is 50.6 Å². The van der Waals surface area contributed by atoms with Crippen LogP contribution in [0.4, 0.5) is 0 Å². The van der Waals surface area contributed by atoms with Gasteiger partial charge >= 0.3 is 0 Å². The molecule has 2 aliphatic carbocycles. The topological polar surface area (TPSA) is 87.5 Å². The molecule has 0 radical (unpaired) electrons. The second-order valence-electron chi connectivity index (χ2n) is 17.7. The third-order valence-corrected chi connectivity index (χ3v) is 12.9. The van der Waals surface area contributed by atoms with Crippen molar-refractivity contribution in [1.29, 1.82) is 5.26 Å². The number of carbonyl (C=O) groups excluding carboxylic acids is 3. The lowest BCUT2D eigenvalue weighted by Crippen LogP contribution is -2.55. The number of hydrogen-bond donors (Lipinski definition) is 0. The van der Waals surface area contributed by atoms with Gasteiger partial charge in [0.2, 0.25) is 5.91 Å². The van der Waals surface area contributed by atoms with E-state index in [0.717, 1.165) is 50.5 Å². The van der Waals surface area contributed by atoms with Crippen molar-refractivity contribution in [3.63, 3.8) is 0 Å². The normalized spacial score (nSPS) is 29.0. The summed E-state index contributed by atoms with van der Waals surface area (Å²) in [6, 6.07) is 2.20. The molecule has 2 fully saturated rings. The summed E-state index contributed by atoms with van der Waals surface area (Å²) < 4.78 is 5.48. The summed E-state index contributed by atoms with van der Waals surface area (Å²) in [6.45, 7) is 26.7. The third-order valence-electron chi connectivity index (χ3n) is 12.9. The average Bonchev–Trinajstić information content (AvgIpc) is 2.98. The van der Waals surface area contributed by atoms with Gasteiger partial charge in [-0.3, -0.25) is 14.4 Å². The molecule has 1 saturated heterocycles. The number of nitriles is 1. The number of ketones is 2. The van der Waals surface area contributed by atoms with Gasteiger partial charge in [0.25, 0.3) is 0 Å². The summed E-state index contributed by atoms with van der Waals surface area (Å²) in [5, 5.41) is 9.99. The van der Waals surface area contributed by atoms with Gasteiger partial charge in [-0.1, -0.05) is 87.3 Å². The Morgan fingerprint density at radius 2 is 1.61 bits per heavy atom. The zero-order valence-corrected chi connectivity index (χ0v) is 31.2. The fourth-order valence-corrected chi connectivity index (χ4v) is 9.20. The highest BCUT2D eigenvalue weighted by Crippen LogP contribution is 2.67. The molecule has 1 aliphatic heterocycles. The Morgan fingerprint density at radius 1 is 1.00 bits per heavy atom. The van der Waals surface area contributed by atoms with Crippen LogP contribution in [0.25, 0.3) is 0 Å². The van der Waals surface area contributed by atoms with E-state index in [1.807, 2.05) is 30.9 Å². The second kappa shape index (κ2) is 14.1. The standard InChI is InChI=1S/C40H64N2O4/c1-12-15-35(3,4)18-20-38(9,16-14-33(44)42-22-24-46-25-23-42)21-19-36(5,6)40(11)17-13-31-37(7,8)34(45)30(28-41)27-39(31,10)32(40)26-29(2)43/h26-27,31H,12-25H2,1-11H3/b32-26-/t31-,38-,39-,40+/m0/s1. The minimum atomic E-state index is -0.688. The zero-order chi connectivity index (χ0) is 34.8. The number of amides is 1. The molecule has 0 bridgehead atoms. The van der Waals surface area contributed by atoms with Crippen molar-refractivity contribution in [2.24, 2.45) is 38.4 Å². The number of carbonyl (C=O) groups is 3. The lowest BCUT2D eigenvalue weighted by molar-refractivity contribution is -0.136. The van der Waals surface area contributed by atoms with Crippen LogP contribution >= 0.6 is 0 Å². The molecule has 0 aromatic carbocycles. The number of hydrogen-bond acceptors (Lipinski definition) is 5. The maximum atomic E-state index is 13.3. The van der Waals surface area contributed by atoms with Crippen molar-refractivity contribution in [2.45, 2.75) is 140 Å². The maximum Gasteiger partial charge on any atom is 0.222 e. The number of Topliss-reactive ketones (excluding diaryl/α,β-unsaturated/α-hetero) is 1. The molecule has 0 spiro atoms. The van der Waals surface area contributed by atoms with E-state index in [4.69, 9.17) is 4.74 Å². The SMILES string of the molecule is CCCC(C)(C)CC[C@](C)(CCC(=O)N1CCOCC1)CCC(C)(C)[C@]1(C)CC[C@H]2C(C)(C)C(=O)C(C#N)=C[C@]2(C)/C1=C/C(C)=O. The van der Waals surface area contributed by atoms with E-state index in [1.165, 1.54) is 12.8 Å². The molecule has 1 saturated carbocycles. The summed E-state index contributed by atoms with van der Waals surface area (Å²) in [6.07, 6.45) is 13.4. The van der Waals surface area contributed by atoms with E-state index in [2.05, 4.69) is 61.5 Å². The van der Waals surface area contributed by atoms with Gasteiger partial charge < -0.3 is 9.64 Å². The van der Waals surface area contributed by atoms with Crippen LogP contribution in [0.3, 0.4) is 0 Å². The molecule has 4 atom stereocenters. The Balaban J connectivity index is 1.95. The van der Waals surface area contributed by atoms with Crippen LogP contribution < -0.4 is 0 Å². The number of allylic oxidation sites excluding steroid dienone is 4. The molecule has 258 valence electrons. The van der Waals surface area contributed by atoms with E-state index in [0.29, 0.717) is 32.7 Å². The molecular weight excluding hydrogens is 572 g/mol. The summed E-state index contributed by atoms with van der Waals surface area (Å²) in [4.78, 5) is 41.5. The van der Waals surface area contributed by atoms with Gasteiger partial charge in [-0.25, -0.2) is 0 Å². The number of fused-ring (bicyclic) bond motifs is 1. The number of morpholine rings is 1. The van der Waals surface area contributed by atoms with Crippen LogP contribution in [0.5, 0.6) is 0 Å². The predicted octanol–water partition coefficient (Wildman–Crippen LogP) is 9.04. The first-order valence-electron chi connectivity index (χ1n) is 17.9. The molecule has 3 rings (SSSR count). The predicted molar refractivity (Wildman–Crippen MR) is 186 cm³/mol. The fourth-order valence-electron chi connectivity index (χ4n) is 9.20. The molecule has 0 N–H and O–H groups in total. The highest BCUT2D eigenvalue weighted by Gasteiger charge is 2.61. The van der Waals surface area contributed by atoms with Crippen LogP contribution in [0.2, 0.25) is 0 Å². The monoisotopic (exact) mass is 636 g/mol. The first-order valence-corrected chi connectivity index (χ1v) is 17.9. The first kappa shape index (κ1) is 38.2. The summed E-state index contributed by atoms with van der Waals surface area (Å²) in [5.41, 5.74) is -0.219. The zero-order valence-electron chi connectivity index (χ0n) is 31.2. The molecule has 1 amide bonds. The van der Waals surface area contributed by atoms with Crippen LogP contribution in [-0.4, -0.2) is 48.7 Å². The first-order chi connectivity index (χ1) is 21.2. The van der Waals surface area contributed by atoms with Gasteiger partial charge in [-0.2, -0.15) is 5.26 Å². The van der Waals surface area contributed by atoms with Gasteiger partial charge in [0.15, 0.2) is 11.6 Å². The Labute approximate surface area is 280 Å².